The maximum Gasteiger partial charge on any atom is 0.349 e. The van der Waals surface area contributed by atoms with Crippen LogP contribution in [0.25, 0.3) is 0 Å². The lowest BCUT2D eigenvalue weighted by atomic mass is 9.89. The normalized spacial score (nSPS) is 18.0. The van der Waals surface area contributed by atoms with Gasteiger partial charge in [-0.3, -0.25) is 0 Å². The van der Waals surface area contributed by atoms with Crippen molar-refractivity contribution in [3.8, 4) is 0 Å². The first-order chi connectivity index (χ1) is 8.13. The van der Waals surface area contributed by atoms with Crippen molar-refractivity contribution in [2.24, 2.45) is 5.41 Å². The van der Waals surface area contributed by atoms with Gasteiger partial charge in [0.25, 0.3) is 0 Å². The molecule has 0 bridgehead atoms. The van der Waals surface area contributed by atoms with Gasteiger partial charge in [0.2, 0.25) is 0 Å². The van der Waals surface area contributed by atoms with Gasteiger partial charge in [-0.2, -0.15) is 0 Å². The predicted molar refractivity (Wildman–Crippen MR) is 68.5 cm³/mol. The van der Waals surface area contributed by atoms with Crippen LogP contribution in [0.15, 0.2) is 6.20 Å². The molecule has 1 aromatic rings. The number of nitrogens with zero attached hydrogens (tertiary/aromatic N) is 1. The number of rotatable bonds is 4. The number of thiazole rings is 1. The first-order valence-electron chi connectivity index (χ1n) is 5.91. The Balaban J connectivity index is 1.91. The summed E-state index contributed by atoms with van der Waals surface area (Å²) < 4.78 is 4.65. The Morgan fingerprint density at radius 3 is 2.94 bits per heavy atom. The Bertz CT molecular complexity index is 397. The molecule has 94 valence electrons. The molecule has 1 heterocycles. The summed E-state index contributed by atoms with van der Waals surface area (Å²) in [5.41, 5.74) is 0.386. The highest BCUT2D eigenvalue weighted by molar-refractivity contribution is 7.17. The summed E-state index contributed by atoms with van der Waals surface area (Å²) in [6.45, 7) is 3.24. The fourth-order valence-electron chi connectivity index (χ4n) is 2.25. The van der Waals surface area contributed by atoms with Crippen LogP contribution in [0.3, 0.4) is 0 Å². The number of hydrogen-bond acceptors (Lipinski definition) is 5. The van der Waals surface area contributed by atoms with E-state index in [0.717, 1.165) is 11.7 Å². The van der Waals surface area contributed by atoms with Crippen LogP contribution in [0.5, 0.6) is 0 Å². The molecule has 0 unspecified atom stereocenters. The average molecular weight is 254 g/mol. The summed E-state index contributed by atoms with van der Waals surface area (Å²) in [5, 5.41) is 4.13. The van der Waals surface area contributed by atoms with Gasteiger partial charge >= 0.3 is 5.97 Å². The summed E-state index contributed by atoms with van der Waals surface area (Å²) in [6.07, 6.45) is 6.76. The molecule has 0 aliphatic heterocycles. The molecule has 1 aromatic heterocycles. The quantitative estimate of drug-likeness (QED) is 0.839. The van der Waals surface area contributed by atoms with Gasteiger partial charge < -0.3 is 10.1 Å². The van der Waals surface area contributed by atoms with Crippen molar-refractivity contribution in [3.05, 3.63) is 11.1 Å². The second-order valence-corrected chi connectivity index (χ2v) is 5.92. The predicted octanol–water partition coefficient (Wildman–Crippen LogP) is 2.92. The molecule has 1 saturated carbocycles. The Labute approximate surface area is 105 Å². The zero-order valence-electron chi connectivity index (χ0n) is 10.3. The second kappa shape index (κ2) is 5.04. The smallest absolute Gasteiger partial charge is 0.349 e. The molecule has 0 atom stereocenters. The molecule has 1 aliphatic rings. The van der Waals surface area contributed by atoms with Gasteiger partial charge in [0.15, 0.2) is 5.13 Å². The number of carbonyl (C=O) groups excluding carboxylic acids is 1. The highest BCUT2D eigenvalue weighted by Crippen LogP contribution is 2.37. The lowest BCUT2D eigenvalue weighted by molar-refractivity contribution is 0.0606. The van der Waals surface area contributed by atoms with Gasteiger partial charge in [0, 0.05) is 6.54 Å². The largest absolute Gasteiger partial charge is 0.465 e. The Morgan fingerprint density at radius 2 is 2.29 bits per heavy atom. The van der Waals surface area contributed by atoms with E-state index in [-0.39, 0.29) is 5.97 Å². The van der Waals surface area contributed by atoms with Crippen LogP contribution in [0.4, 0.5) is 5.13 Å². The molecule has 5 heteroatoms. The number of hydrogen-bond donors (Lipinski definition) is 1. The number of carbonyl (C=O) groups is 1. The fraction of sp³-hybridized carbons (Fsp3) is 0.667. The van der Waals surface area contributed by atoms with Crippen LogP contribution in [0, 0.1) is 5.41 Å². The monoisotopic (exact) mass is 254 g/mol. The first-order valence-corrected chi connectivity index (χ1v) is 6.73. The molecule has 2 rings (SSSR count). The maximum atomic E-state index is 11.3. The van der Waals surface area contributed by atoms with E-state index in [9.17, 15) is 4.79 Å². The van der Waals surface area contributed by atoms with E-state index in [2.05, 4.69) is 22.0 Å². The average Bonchev–Trinajstić information content (AvgIpc) is 2.95. The third-order valence-electron chi connectivity index (χ3n) is 3.37. The molecular weight excluding hydrogens is 236 g/mol. The molecule has 1 fully saturated rings. The van der Waals surface area contributed by atoms with E-state index in [1.165, 1.54) is 44.1 Å². The molecule has 0 radical (unpaired) electrons. The van der Waals surface area contributed by atoms with Gasteiger partial charge in [0.1, 0.15) is 4.88 Å². The van der Waals surface area contributed by atoms with Crippen LogP contribution < -0.4 is 5.32 Å². The van der Waals surface area contributed by atoms with Crippen molar-refractivity contribution in [1.29, 1.82) is 0 Å². The van der Waals surface area contributed by atoms with Gasteiger partial charge in [-0.05, 0) is 18.3 Å². The zero-order chi connectivity index (χ0) is 12.3. The zero-order valence-corrected chi connectivity index (χ0v) is 11.1. The standard InChI is InChI=1S/C12H18N2O2S/c1-12(5-3-4-6-12)8-14-11-13-7-9(17-11)10(15)16-2/h7H,3-6,8H2,1-2H3,(H,13,14). The lowest BCUT2D eigenvalue weighted by Gasteiger charge is -2.23. The van der Waals surface area contributed by atoms with Crippen LogP contribution >= 0.6 is 11.3 Å². The van der Waals surface area contributed by atoms with Crippen molar-refractivity contribution in [2.75, 3.05) is 19.0 Å². The minimum atomic E-state index is -0.317. The highest BCUT2D eigenvalue weighted by atomic mass is 32.1. The minimum absolute atomic E-state index is 0.317. The molecule has 0 spiro atoms. The number of nitrogens with one attached hydrogen (secondary N) is 1. The van der Waals surface area contributed by atoms with Crippen molar-refractivity contribution >= 4 is 22.4 Å². The number of ether oxygens (including phenoxy) is 1. The molecule has 1 N–H and O–H groups in total. The summed E-state index contributed by atoms with van der Waals surface area (Å²) in [5.74, 6) is -0.317. The summed E-state index contributed by atoms with van der Waals surface area (Å²) in [4.78, 5) is 16.0. The fourth-order valence-corrected chi connectivity index (χ4v) is 2.98. The van der Waals surface area contributed by atoms with E-state index in [1.54, 1.807) is 6.20 Å². The first kappa shape index (κ1) is 12.4. The van der Waals surface area contributed by atoms with Crippen molar-refractivity contribution in [3.63, 3.8) is 0 Å². The van der Waals surface area contributed by atoms with Gasteiger partial charge in [-0.1, -0.05) is 31.1 Å². The van der Waals surface area contributed by atoms with Gasteiger partial charge in [0.05, 0.1) is 13.3 Å². The van der Waals surface area contributed by atoms with Crippen molar-refractivity contribution in [1.82, 2.24) is 4.98 Å². The summed E-state index contributed by atoms with van der Waals surface area (Å²) >= 11 is 1.35. The van der Waals surface area contributed by atoms with E-state index in [4.69, 9.17) is 0 Å². The van der Waals surface area contributed by atoms with Crippen molar-refractivity contribution in [2.45, 2.75) is 32.6 Å². The number of methoxy groups -OCH3 is 1. The number of esters is 1. The van der Waals surface area contributed by atoms with Crippen LogP contribution in [-0.2, 0) is 4.74 Å². The molecular formula is C12H18N2O2S. The van der Waals surface area contributed by atoms with Crippen LogP contribution in [-0.4, -0.2) is 24.6 Å². The number of aromatic nitrogens is 1. The van der Waals surface area contributed by atoms with E-state index < -0.39 is 0 Å². The second-order valence-electron chi connectivity index (χ2n) is 4.89. The molecule has 1 aliphatic carbocycles. The summed E-state index contributed by atoms with van der Waals surface area (Å²) in [6, 6.07) is 0. The van der Waals surface area contributed by atoms with Crippen molar-refractivity contribution < 1.29 is 9.53 Å². The van der Waals surface area contributed by atoms with Crippen LogP contribution in [0.2, 0.25) is 0 Å². The third-order valence-corrected chi connectivity index (χ3v) is 4.30. The topological polar surface area (TPSA) is 51.2 Å². The SMILES string of the molecule is COC(=O)c1cnc(NCC2(C)CCCC2)s1. The van der Waals surface area contributed by atoms with E-state index >= 15 is 0 Å². The Hall–Kier alpha value is -1.10. The van der Waals surface area contributed by atoms with Gasteiger partial charge in [-0.15, -0.1) is 0 Å². The van der Waals surface area contributed by atoms with E-state index in [1.807, 2.05) is 0 Å². The summed E-state index contributed by atoms with van der Waals surface area (Å²) in [7, 11) is 1.38. The third kappa shape index (κ3) is 2.97. The Kier molecular flexibility index (Phi) is 3.66. The Morgan fingerprint density at radius 1 is 1.59 bits per heavy atom. The lowest BCUT2D eigenvalue weighted by Crippen LogP contribution is -2.22. The molecule has 17 heavy (non-hydrogen) atoms. The number of anilines is 1. The van der Waals surface area contributed by atoms with E-state index in [0.29, 0.717) is 10.3 Å². The van der Waals surface area contributed by atoms with Crippen LogP contribution in [0.1, 0.15) is 42.3 Å². The molecule has 0 amide bonds. The highest BCUT2D eigenvalue weighted by Gasteiger charge is 2.28. The van der Waals surface area contributed by atoms with Gasteiger partial charge in [-0.25, -0.2) is 9.78 Å². The minimum Gasteiger partial charge on any atom is -0.465 e. The maximum absolute atomic E-state index is 11.3. The molecule has 4 nitrogen and oxygen atoms in total. The molecule has 0 saturated heterocycles. The molecule has 0 aromatic carbocycles.